The zero-order valence-corrected chi connectivity index (χ0v) is 14.9. The second kappa shape index (κ2) is 8.93. The molecule has 1 saturated heterocycles. The molecule has 2 rings (SSSR count). The van der Waals surface area contributed by atoms with E-state index in [9.17, 15) is 29.4 Å². The maximum Gasteiger partial charge on any atom is 0.330 e. The van der Waals surface area contributed by atoms with Gasteiger partial charge in [-0.1, -0.05) is 0 Å². The molecule has 150 valence electrons. The van der Waals surface area contributed by atoms with Crippen molar-refractivity contribution in [1.82, 2.24) is 9.55 Å². The van der Waals surface area contributed by atoms with Crippen molar-refractivity contribution in [3.05, 3.63) is 33.1 Å². The van der Waals surface area contributed by atoms with Crippen molar-refractivity contribution in [2.45, 2.75) is 44.8 Å². The first-order valence-corrected chi connectivity index (χ1v) is 8.29. The third kappa shape index (κ3) is 5.25. The lowest BCUT2D eigenvalue weighted by molar-refractivity contribution is -0.158. The number of hydrogen-bond donors (Lipinski definition) is 3. The summed E-state index contributed by atoms with van der Waals surface area (Å²) in [5.41, 5.74) is -1.36. The van der Waals surface area contributed by atoms with Crippen LogP contribution in [0.2, 0.25) is 0 Å². The van der Waals surface area contributed by atoms with Crippen molar-refractivity contribution >= 4 is 11.9 Å². The molecule has 0 amide bonds. The minimum absolute atomic E-state index is 0.0131. The molecule has 0 aromatic carbocycles. The Balaban J connectivity index is 2.29. The zero-order chi connectivity index (χ0) is 20.1. The van der Waals surface area contributed by atoms with Crippen molar-refractivity contribution in [2.24, 2.45) is 5.92 Å². The van der Waals surface area contributed by atoms with Crippen molar-refractivity contribution in [1.29, 1.82) is 0 Å². The molecular weight excluding hydrogens is 364 g/mol. The number of hydrogen-bond acceptors (Lipinski definition) is 9. The van der Waals surface area contributed by atoms with Crippen LogP contribution < -0.4 is 11.2 Å². The number of nitrogens with zero attached hydrogens (tertiary/aromatic N) is 1. The molecule has 0 bridgehead atoms. The number of esters is 2. The summed E-state index contributed by atoms with van der Waals surface area (Å²) in [6.45, 7) is 1.63. The Hall–Kier alpha value is -2.50. The summed E-state index contributed by atoms with van der Waals surface area (Å²) in [5, 5.41) is 19.9. The van der Waals surface area contributed by atoms with Crippen molar-refractivity contribution in [2.75, 3.05) is 13.2 Å². The number of aromatic nitrogens is 2. The number of aromatic amines is 1. The highest BCUT2D eigenvalue weighted by Crippen LogP contribution is 2.37. The van der Waals surface area contributed by atoms with Crippen molar-refractivity contribution < 1.29 is 34.0 Å². The standard InChI is InChI=1S/C16H22N2O9/c1-8(20)25-7-10(26-9(2)21)5-11-14(23)12(6-19)27-15(11)18-4-3-13(22)17-16(18)24/h3-4,10-12,14-15,19,23H,5-7H2,1-2H3,(H,17,22,24)/t10?,11-,12-,14+,15-/m1/s1. The van der Waals surface area contributed by atoms with Crippen LogP contribution in [-0.4, -0.2) is 63.2 Å². The van der Waals surface area contributed by atoms with Gasteiger partial charge in [0.25, 0.3) is 5.56 Å². The van der Waals surface area contributed by atoms with Crippen LogP contribution in [0.25, 0.3) is 0 Å². The molecule has 11 nitrogen and oxygen atoms in total. The molecule has 0 saturated carbocycles. The minimum Gasteiger partial charge on any atom is -0.462 e. The second-order valence-corrected chi connectivity index (χ2v) is 6.19. The first-order chi connectivity index (χ1) is 12.7. The molecule has 0 aliphatic carbocycles. The smallest absolute Gasteiger partial charge is 0.330 e. The average molecular weight is 386 g/mol. The fourth-order valence-corrected chi connectivity index (χ4v) is 3.01. The van der Waals surface area contributed by atoms with E-state index in [1.54, 1.807) is 0 Å². The van der Waals surface area contributed by atoms with Crippen LogP contribution in [0.15, 0.2) is 21.9 Å². The van der Waals surface area contributed by atoms with Crippen molar-refractivity contribution in [3.63, 3.8) is 0 Å². The predicted octanol–water partition coefficient (Wildman–Crippen LogP) is -1.71. The molecule has 5 atom stereocenters. The summed E-state index contributed by atoms with van der Waals surface area (Å²) in [4.78, 5) is 47.8. The Morgan fingerprint density at radius 2 is 2.04 bits per heavy atom. The molecule has 1 unspecified atom stereocenters. The Kier molecular flexibility index (Phi) is 6.88. The lowest BCUT2D eigenvalue weighted by Gasteiger charge is -2.26. The second-order valence-electron chi connectivity index (χ2n) is 6.19. The number of carbonyl (C=O) groups is 2. The zero-order valence-electron chi connectivity index (χ0n) is 14.9. The first-order valence-electron chi connectivity index (χ1n) is 8.29. The lowest BCUT2D eigenvalue weighted by atomic mass is 9.93. The van der Waals surface area contributed by atoms with Gasteiger partial charge in [-0.2, -0.15) is 0 Å². The largest absolute Gasteiger partial charge is 0.462 e. The summed E-state index contributed by atoms with van der Waals surface area (Å²) in [5.74, 6) is -1.97. The number of carbonyl (C=O) groups excluding carboxylic acids is 2. The van der Waals surface area contributed by atoms with Gasteiger partial charge >= 0.3 is 17.6 Å². The average Bonchev–Trinajstić information content (AvgIpc) is 2.88. The fraction of sp³-hybridized carbons (Fsp3) is 0.625. The molecule has 0 radical (unpaired) electrons. The summed E-state index contributed by atoms with van der Waals surface area (Å²) in [7, 11) is 0. The van der Waals surface area contributed by atoms with E-state index >= 15 is 0 Å². The lowest BCUT2D eigenvalue weighted by Crippen LogP contribution is -2.37. The van der Waals surface area contributed by atoms with E-state index in [1.165, 1.54) is 20.0 Å². The van der Waals surface area contributed by atoms with Crippen LogP contribution in [0.5, 0.6) is 0 Å². The molecular formula is C16H22N2O9. The van der Waals surface area contributed by atoms with Gasteiger partial charge < -0.3 is 24.4 Å². The molecule has 1 aliphatic heterocycles. The Bertz CT molecular complexity index is 787. The normalized spacial score (nSPS) is 25.8. The van der Waals surface area contributed by atoms with Gasteiger partial charge in [0.1, 0.15) is 25.0 Å². The highest BCUT2D eigenvalue weighted by atomic mass is 16.6. The van der Waals surface area contributed by atoms with E-state index in [-0.39, 0.29) is 13.0 Å². The summed E-state index contributed by atoms with van der Waals surface area (Å²) >= 11 is 0. The third-order valence-electron chi connectivity index (χ3n) is 4.15. The van der Waals surface area contributed by atoms with E-state index in [0.29, 0.717) is 0 Å². The first kappa shape index (κ1) is 20.8. The molecule has 1 fully saturated rings. The number of aliphatic hydroxyl groups is 2. The van der Waals surface area contributed by atoms with Crippen molar-refractivity contribution in [3.8, 4) is 0 Å². The van der Waals surface area contributed by atoms with Gasteiger partial charge in [-0.25, -0.2) is 4.79 Å². The molecule has 27 heavy (non-hydrogen) atoms. The number of H-pyrrole nitrogens is 1. The van der Waals surface area contributed by atoms with E-state index in [4.69, 9.17) is 14.2 Å². The number of ether oxygens (including phenoxy) is 3. The third-order valence-corrected chi connectivity index (χ3v) is 4.15. The van der Waals surface area contributed by atoms with Gasteiger partial charge in [-0.05, 0) is 6.42 Å². The fourth-order valence-electron chi connectivity index (χ4n) is 3.01. The van der Waals surface area contributed by atoms with Crippen LogP contribution in [0.3, 0.4) is 0 Å². The molecule has 1 aliphatic rings. The number of rotatable bonds is 7. The van der Waals surface area contributed by atoms with E-state index in [1.807, 2.05) is 0 Å². The van der Waals surface area contributed by atoms with Gasteiger partial charge in [-0.3, -0.25) is 23.9 Å². The molecule has 1 aromatic heterocycles. The molecule has 2 heterocycles. The summed E-state index contributed by atoms with van der Waals surface area (Å²) in [6.07, 6.45) is -2.90. The van der Waals surface area contributed by atoms with Crippen LogP contribution in [0, 0.1) is 5.92 Å². The molecule has 11 heteroatoms. The Morgan fingerprint density at radius 1 is 1.33 bits per heavy atom. The van der Waals surface area contributed by atoms with Gasteiger partial charge in [0.15, 0.2) is 0 Å². The molecule has 0 spiro atoms. The monoisotopic (exact) mass is 386 g/mol. The maximum atomic E-state index is 12.1. The van der Waals surface area contributed by atoms with Crippen LogP contribution >= 0.6 is 0 Å². The highest BCUT2D eigenvalue weighted by molar-refractivity contribution is 5.67. The van der Waals surface area contributed by atoms with Gasteiger partial charge in [0.2, 0.25) is 0 Å². The van der Waals surface area contributed by atoms with Gasteiger partial charge in [-0.15, -0.1) is 0 Å². The quantitative estimate of drug-likeness (QED) is 0.464. The number of aliphatic hydroxyl groups excluding tert-OH is 2. The summed E-state index contributed by atoms with van der Waals surface area (Å²) in [6, 6.07) is 1.11. The van der Waals surface area contributed by atoms with E-state index in [2.05, 4.69) is 4.98 Å². The predicted molar refractivity (Wildman–Crippen MR) is 88.6 cm³/mol. The van der Waals surface area contributed by atoms with Gasteiger partial charge in [0.05, 0.1) is 12.7 Å². The van der Waals surface area contributed by atoms with Crippen LogP contribution in [-0.2, 0) is 23.8 Å². The SMILES string of the molecule is CC(=O)OCC(C[C@@H]1[C@H](O)[C@@H](CO)O[C@H]1n1ccc(=O)[nH]c1=O)OC(C)=O. The van der Waals surface area contributed by atoms with Gasteiger partial charge in [0, 0.05) is 32.0 Å². The topological polar surface area (TPSA) is 157 Å². The minimum atomic E-state index is -1.19. The van der Waals surface area contributed by atoms with E-state index in [0.717, 1.165) is 10.6 Å². The maximum absolute atomic E-state index is 12.1. The van der Waals surface area contributed by atoms with E-state index < -0.39 is 60.3 Å². The Labute approximate surface area is 153 Å². The highest BCUT2D eigenvalue weighted by Gasteiger charge is 2.46. The van der Waals surface area contributed by atoms with Crippen LogP contribution in [0.4, 0.5) is 0 Å². The molecule has 3 N–H and O–H groups in total. The van der Waals surface area contributed by atoms with Crippen LogP contribution in [0.1, 0.15) is 26.5 Å². The molecule has 1 aromatic rings. The number of nitrogens with one attached hydrogen (secondary N) is 1. The Morgan fingerprint density at radius 3 is 2.59 bits per heavy atom. The summed E-state index contributed by atoms with van der Waals surface area (Å²) < 4.78 is 16.6.